The smallest absolute Gasteiger partial charge is 0.305 e. The van der Waals surface area contributed by atoms with Crippen LogP contribution in [0, 0.1) is 19.8 Å². The highest BCUT2D eigenvalue weighted by Crippen LogP contribution is 2.27. The highest BCUT2D eigenvalue weighted by atomic mass is 16.5. The second kappa shape index (κ2) is 9.45. The van der Waals surface area contributed by atoms with Crippen molar-refractivity contribution in [1.82, 2.24) is 14.7 Å². The summed E-state index contributed by atoms with van der Waals surface area (Å²) in [5, 5.41) is 4.64. The van der Waals surface area contributed by atoms with Crippen LogP contribution in [0.2, 0.25) is 0 Å². The number of carbonyl (C=O) groups is 2. The zero-order valence-electron chi connectivity index (χ0n) is 18.8. The van der Waals surface area contributed by atoms with E-state index in [1.807, 2.05) is 54.7 Å². The average Bonchev–Trinajstić information content (AvgIpc) is 3.05. The molecule has 1 aromatic carbocycles. The van der Waals surface area contributed by atoms with Crippen LogP contribution in [0.25, 0.3) is 5.69 Å². The Morgan fingerprint density at radius 3 is 2.37 bits per heavy atom. The average molecular weight is 412 g/mol. The fourth-order valence-corrected chi connectivity index (χ4v) is 4.36. The summed E-state index contributed by atoms with van der Waals surface area (Å²) in [7, 11) is 3.33. The standard InChI is InChI=1S/C24H33N3O3/c1-16-6-10-20(11-7-16)26(4)24(29)19-8-12-21(13-9-19)27-18(3)22(17(2)25-27)14-15-23(28)30-5/h8-9,12-13,16,20H,6-7,10-11,14-15H2,1-5H3. The Labute approximate surface area is 179 Å². The molecular formula is C24H33N3O3. The van der Waals surface area contributed by atoms with Gasteiger partial charge in [-0.25, -0.2) is 4.68 Å². The number of carbonyl (C=O) groups excluding carboxylic acids is 2. The van der Waals surface area contributed by atoms with Crippen LogP contribution < -0.4 is 0 Å². The van der Waals surface area contributed by atoms with Crippen LogP contribution in [0.5, 0.6) is 0 Å². The number of aryl methyl sites for hydroxylation is 1. The number of hydrogen-bond acceptors (Lipinski definition) is 4. The summed E-state index contributed by atoms with van der Waals surface area (Å²) in [6, 6.07) is 7.97. The molecule has 0 aliphatic heterocycles. The van der Waals surface area contributed by atoms with Crippen LogP contribution in [0.4, 0.5) is 0 Å². The quantitative estimate of drug-likeness (QED) is 0.667. The normalized spacial score (nSPS) is 18.8. The molecule has 6 heteroatoms. The minimum Gasteiger partial charge on any atom is -0.469 e. The Kier molecular flexibility index (Phi) is 6.95. The van der Waals surface area contributed by atoms with E-state index in [0.717, 1.165) is 41.4 Å². The Hall–Kier alpha value is -2.63. The van der Waals surface area contributed by atoms with E-state index in [-0.39, 0.29) is 11.9 Å². The van der Waals surface area contributed by atoms with Gasteiger partial charge in [-0.15, -0.1) is 0 Å². The molecule has 0 N–H and O–H groups in total. The molecule has 30 heavy (non-hydrogen) atoms. The lowest BCUT2D eigenvalue weighted by molar-refractivity contribution is -0.140. The van der Waals surface area contributed by atoms with E-state index in [4.69, 9.17) is 4.74 Å². The van der Waals surface area contributed by atoms with Crippen molar-refractivity contribution in [3.63, 3.8) is 0 Å². The zero-order chi connectivity index (χ0) is 21.8. The second-order valence-corrected chi connectivity index (χ2v) is 8.51. The molecule has 0 atom stereocenters. The Bertz CT molecular complexity index is 893. The number of benzene rings is 1. The summed E-state index contributed by atoms with van der Waals surface area (Å²) in [4.78, 5) is 26.3. The van der Waals surface area contributed by atoms with E-state index >= 15 is 0 Å². The second-order valence-electron chi connectivity index (χ2n) is 8.51. The van der Waals surface area contributed by atoms with Gasteiger partial charge in [0.1, 0.15) is 0 Å². The van der Waals surface area contributed by atoms with Gasteiger partial charge in [-0.3, -0.25) is 9.59 Å². The summed E-state index contributed by atoms with van der Waals surface area (Å²) in [5.74, 6) is 0.622. The predicted octanol–water partition coefficient (Wildman–Crippen LogP) is 4.25. The molecule has 0 radical (unpaired) electrons. The molecule has 1 saturated carbocycles. The largest absolute Gasteiger partial charge is 0.469 e. The molecule has 0 spiro atoms. The first-order valence-electron chi connectivity index (χ1n) is 10.8. The maximum atomic E-state index is 12.9. The van der Waals surface area contributed by atoms with E-state index in [1.54, 1.807) is 0 Å². The molecular weight excluding hydrogens is 378 g/mol. The highest BCUT2D eigenvalue weighted by molar-refractivity contribution is 5.94. The van der Waals surface area contributed by atoms with Gasteiger partial charge in [0.05, 0.1) is 18.5 Å². The fourth-order valence-electron chi connectivity index (χ4n) is 4.36. The first kappa shape index (κ1) is 22.1. The molecule has 1 aliphatic carbocycles. The summed E-state index contributed by atoms with van der Waals surface area (Å²) < 4.78 is 6.62. The van der Waals surface area contributed by atoms with Gasteiger partial charge in [0.15, 0.2) is 0 Å². The van der Waals surface area contributed by atoms with Gasteiger partial charge in [-0.05, 0) is 81.7 Å². The Morgan fingerprint density at radius 1 is 1.13 bits per heavy atom. The Balaban J connectivity index is 1.72. The van der Waals surface area contributed by atoms with Crippen LogP contribution in [0.15, 0.2) is 24.3 Å². The molecule has 1 fully saturated rings. The van der Waals surface area contributed by atoms with E-state index in [1.165, 1.54) is 20.0 Å². The number of nitrogens with zero attached hydrogens (tertiary/aromatic N) is 3. The third kappa shape index (κ3) is 4.74. The van der Waals surface area contributed by atoms with Crippen LogP contribution in [0.1, 0.15) is 66.3 Å². The zero-order valence-corrected chi connectivity index (χ0v) is 18.8. The van der Waals surface area contributed by atoms with Gasteiger partial charge in [-0.2, -0.15) is 5.10 Å². The maximum absolute atomic E-state index is 12.9. The molecule has 162 valence electrons. The van der Waals surface area contributed by atoms with Crippen molar-refractivity contribution in [2.75, 3.05) is 14.2 Å². The lowest BCUT2D eigenvalue weighted by Crippen LogP contribution is -2.39. The van der Waals surface area contributed by atoms with Crippen LogP contribution in [-0.2, 0) is 16.0 Å². The van der Waals surface area contributed by atoms with Crippen LogP contribution >= 0.6 is 0 Å². The first-order chi connectivity index (χ1) is 14.3. The van der Waals surface area contributed by atoms with Crippen LogP contribution in [0.3, 0.4) is 0 Å². The number of rotatable bonds is 6. The summed E-state index contributed by atoms with van der Waals surface area (Å²) in [6.45, 7) is 6.24. The van der Waals surface area contributed by atoms with Crippen molar-refractivity contribution in [3.05, 3.63) is 46.8 Å². The summed E-state index contributed by atoms with van der Waals surface area (Å²) >= 11 is 0. The van der Waals surface area contributed by atoms with Gasteiger partial charge in [0, 0.05) is 30.8 Å². The topological polar surface area (TPSA) is 64.4 Å². The molecule has 1 heterocycles. The molecule has 1 aliphatic rings. The van der Waals surface area contributed by atoms with Crippen molar-refractivity contribution < 1.29 is 14.3 Å². The molecule has 0 unspecified atom stereocenters. The van der Waals surface area contributed by atoms with Gasteiger partial charge in [0.2, 0.25) is 0 Å². The van der Waals surface area contributed by atoms with E-state index in [0.29, 0.717) is 24.4 Å². The van der Waals surface area contributed by atoms with Crippen molar-refractivity contribution in [1.29, 1.82) is 0 Å². The third-order valence-corrected chi connectivity index (χ3v) is 6.46. The van der Waals surface area contributed by atoms with E-state index < -0.39 is 0 Å². The minimum absolute atomic E-state index is 0.0771. The number of amides is 1. The molecule has 1 amide bonds. The van der Waals surface area contributed by atoms with Crippen molar-refractivity contribution in [3.8, 4) is 5.69 Å². The lowest BCUT2D eigenvalue weighted by atomic mass is 9.86. The molecule has 1 aromatic heterocycles. The number of esters is 1. The highest BCUT2D eigenvalue weighted by Gasteiger charge is 2.25. The Morgan fingerprint density at radius 2 is 1.77 bits per heavy atom. The number of hydrogen-bond donors (Lipinski definition) is 0. The van der Waals surface area contributed by atoms with Crippen LogP contribution in [-0.4, -0.2) is 46.8 Å². The van der Waals surface area contributed by atoms with E-state index in [9.17, 15) is 9.59 Å². The maximum Gasteiger partial charge on any atom is 0.305 e. The molecule has 3 rings (SSSR count). The molecule has 0 saturated heterocycles. The predicted molar refractivity (Wildman–Crippen MR) is 117 cm³/mol. The first-order valence-corrected chi connectivity index (χ1v) is 10.8. The summed E-state index contributed by atoms with van der Waals surface area (Å²) in [6.07, 6.45) is 5.49. The molecule has 0 bridgehead atoms. The lowest BCUT2D eigenvalue weighted by Gasteiger charge is -2.33. The minimum atomic E-state index is -0.221. The summed E-state index contributed by atoms with van der Waals surface area (Å²) in [5.41, 5.74) is 4.58. The third-order valence-electron chi connectivity index (χ3n) is 6.46. The SMILES string of the molecule is COC(=O)CCc1c(C)nn(-c2ccc(C(=O)N(C)C3CCC(C)CC3)cc2)c1C. The molecule has 2 aromatic rings. The van der Waals surface area contributed by atoms with Gasteiger partial charge < -0.3 is 9.64 Å². The monoisotopic (exact) mass is 411 g/mol. The number of aromatic nitrogens is 2. The number of methoxy groups -OCH3 is 1. The van der Waals surface area contributed by atoms with E-state index in [2.05, 4.69) is 12.0 Å². The number of ether oxygens (including phenoxy) is 1. The van der Waals surface area contributed by atoms with Crippen molar-refractivity contribution in [2.45, 2.75) is 65.3 Å². The van der Waals surface area contributed by atoms with Crippen molar-refractivity contribution >= 4 is 11.9 Å². The fraction of sp³-hybridized carbons (Fsp3) is 0.542. The van der Waals surface area contributed by atoms with Gasteiger partial charge >= 0.3 is 5.97 Å². The van der Waals surface area contributed by atoms with Crippen molar-refractivity contribution in [2.24, 2.45) is 5.92 Å². The van der Waals surface area contributed by atoms with Gasteiger partial charge in [-0.1, -0.05) is 6.92 Å². The molecule has 6 nitrogen and oxygen atoms in total. The van der Waals surface area contributed by atoms with Gasteiger partial charge in [0.25, 0.3) is 5.91 Å².